The van der Waals surface area contributed by atoms with Gasteiger partial charge in [0.2, 0.25) is 0 Å². The molecule has 0 aliphatic carbocycles. The fourth-order valence-corrected chi connectivity index (χ4v) is 7.45. The SMILES string of the molecule is CC/C=C\C/C=C\C/C=C\CCCCCCCC(=O)OC[C@H](COP(=O)(O)OC[C@H](N)C(=O)O)OC(=O)CCCCCCCCCCCCCCCCCCCCCCC. The molecule has 0 heterocycles. The first kappa shape index (κ1) is 57.7. The number of carbonyl (C=O) groups is 3. The van der Waals surface area contributed by atoms with E-state index >= 15 is 0 Å². The Morgan fingerprint density at radius 1 is 0.533 bits per heavy atom. The van der Waals surface area contributed by atoms with E-state index < -0.39 is 51.1 Å². The van der Waals surface area contributed by atoms with Crippen molar-refractivity contribution < 1.29 is 47.5 Å². The number of hydrogen-bond donors (Lipinski definition) is 3. The smallest absolute Gasteiger partial charge is 0.472 e. The van der Waals surface area contributed by atoms with E-state index in [2.05, 4.69) is 54.8 Å². The Morgan fingerprint density at radius 2 is 0.933 bits per heavy atom. The van der Waals surface area contributed by atoms with Gasteiger partial charge in [-0.2, -0.15) is 0 Å². The number of ether oxygens (including phenoxy) is 2. The van der Waals surface area contributed by atoms with Crippen molar-refractivity contribution in [3.8, 4) is 0 Å². The van der Waals surface area contributed by atoms with Crippen molar-refractivity contribution in [2.75, 3.05) is 19.8 Å². The van der Waals surface area contributed by atoms with Crippen LogP contribution in [0.2, 0.25) is 0 Å². The van der Waals surface area contributed by atoms with Gasteiger partial charge in [0.05, 0.1) is 13.2 Å². The third-order valence-electron chi connectivity index (χ3n) is 10.4. The number of phosphoric ester groups is 1. The Labute approximate surface area is 365 Å². The number of carboxylic acids is 1. The summed E-state index contributed by atoms with van der Waals surface area (Å²) in [5.74, 6) is -2.39. The van der Waals surface area contributed by atoms with E-state index in [1.165, 1.54) is 109 Å². The molecule has 11 nitrogen and oxygen atoms in total. The molecule has 0 saturated carbocycles. The summed E-state index contributed by atoms with van der Waals surface area (Å²) in [6, 6.07) is -1.52. The molecule has 0 radical (unpaired) electrons. The number of esters is 2. The van der Waals surface area contributed by atoms with E-state index in [0.717, 1.165) is 70.6 Å². The number of aliphatic carboxylic acids is 1. The molecule has 0 spiro atoms. The van der Waals surface area contributed by atoms with Crippen LogP contribution in [0.25, 0.3) is 0 Å². The molecule has 60 heavy (non-hydrogen) atoms. The van der Waals surface area contributed by atoms with Gasteiger partial charge < -0.3 is 25.2 Å². The first-order valence-electron chi connectivity index (χ1n) is 24.0. The highest BCUT2D eigenvalue weighted by atomic mass is 31.2. The molecule has 0 rings (SSSR count). The maximum Gasteiger partial charge on any atom is 0.472 e. The van der Waals surface area contributed by atoms with Gasteiger partial charge in [0.25, 0.3) is 0 Å². The quantitative estimate of drug-likeness (QED) is 0.0230. The number of unbranched alkanes of at least 4 members (excludes halogenated alkanes) is 25. The Bertz CT molecular complexity index is 1160. The Balaban J connectivity index is 4.26. The van der Waals surface area contributed by atoms with Crippen LogP contribution in [-0.2, 0) is 37.5 Å². The van der Waals surface area contributed by atoms with Crippen molar-refractivity contribution >= 4 is 25.7 Å². The molecule has 0 saturated heterocycles. The Morgan fingerprint density at radius 3 is 1.40 bits per heavy atom. The summed E-state index contributed by atoms with van der Waals surface area (Å²) < 4.78 is 32.8. The molecule has 0 aliphatic rings. The summed E-state index contributed by atoms with van der Waals surface area (Å²) in [6.07, 6.45) is 47.8. The van der Waals surface area contributed by atoms with Crippen molar-refractivity contribution in [2.45, 2.75) is 231 Å². The monoisotopic (exact) mass is 870 g/mol. The largest absolute Gasteiger partial charge is 0.480 e. The third kappa shape index (κ3) is 42.4. The fraction of sp³-hybridized carbons (Fsp3) is 0.812. The predicted octanol–water partition coefficient (Wildman–Crippen LogP) is 13.2. The molecule has 1 unspecified atom stereocenters. The lowest BCUT2D eigenvalue weighted by molar-refractivity contribution is -0.161. The molecule has 3 atom stereocenters. The average molecular weight is 870 g/mol. The van der Waals surface area contributed by atoms with Crippen LogP contribution in [0.15, 0.2) is 36.5 Å². The lowest BCUT2D eigenvalue weighted by atomic mass is 10.0. The molecule has 0 aromatic carbocycles. The Kier molecular flexibility index (Phi) is 41.7. The lowest BCUT2D eigenvalue weighted by Crippen LogP contribution is -2.34. The summed E-state index contributed by atoms with van der Waals surface area (Å²) in [5, 5.41) is 8.90. The molecule has 0 aromatic heterocycles. The zero-order valence-electron chi connectivity index (χ0n) is 38.1. The second-order valence-electron chi connectivity index (χ2n) is 16.2. The van der Waals surface area contributed by atoms with Gasteiger partial charge in [-0.3, -0.25) is 23.4 Å². The lowest BCUT2D eigenvalue weighted by Gasteiger charge is -2.20. The van der Waals surface area contributed by atoms with Crippen LogP contribution in [0.1, 0.15) is 219 Å². The van der Waals surface area contributed by atoms with Crippen molar-refractivity contribution in [1.82, 2.24) is 0 Å². The maximum absolute atomic E-state index is 12.7. The fourth-order valence-electron chi connectivity index (χ4n) is 6.67. The molecule has 350 valence electrons. The normalized spacial score (nSPS) is 13.9. The summed E-state index contributed by atoms with van der Waals surface area (Å²) in [4.78, 5) is 46.1. The van der Waals surface area contributed by atoms with Crippen LogP contribution in [0.3, 0.4) is 0 Å². The molecule has 0 aromatic rings. The first-order valence-corrected chi connectivity index (χ1v) is 25.5. The number of phosphoric acid groups is 1. The predicted molar refractivity (Wildman–Crippen MR) is 245 cm³/mol. The van der Waals surface area contributed by atoms with Crippen molar-refractivity contribution in [1.29, 1.82) is 0 Å². The summed E-state index contributed by atoms with van der Waals surface area (Å²) in [7, 11) is -4.72. The number of allylic oxidation sites excluding steroid dienone is 6. The molecule has 0 amide bonds. The van der Waals surface area contributed by atoms with Crippen LogP contribution in [0.5, 0.6) is 0 Å². The van der Waals surface area contributed by atoms with Crippen LogP contribution < -0.4 is 5.73 Å². The van der Waals surface area contributed by atoms with Gasteiger partial charge in [-0.15, -0.1) is 0 Å². The third-order valence-corrected chi connectivity index (χ3v) is 11.4. The van der Waals surface area contributed by atoms with Gasteiger partial charge in [0.15, 0.2) is 6.10 Å². The average Bonchev–Trinajstić information content (AvgIpc) is 3.22. The minimum atomic E-state index is -4.72. The van der Waals surface area contributed by atoms with E-state index in [1.54, 1.807) is 0 Å². The number of nitrogens with two attached hydrogens (primary N) is 1. The van der Waals surface area contributed by atoms with Crippen molar-refractivity contribution in [3.05, 3.63) is 36.5 Å². The van der Waals surface area contributed by atoms with Gasteiger partial charge in [0.1, 0.15) is 12.6 Å². The minimum Gasteiger partial charge on any atom is -0.480 e. The van der Waals surface area contributed by atoms with E-state index in [0.29, 0.717) is 12.8 Å². The van der Waals surface area contributed by atoms with Gasteiger partial charge in [0, 0.05) is 12.8 Å². The number of hydrogen-bond acceptors (Lipinski definition) is 9. The van der Waals surface area contributed by atoms with Gasteiger partial charge in [-0.05, 0) is 44.9 Å². The summed E-state index contributed by atoms with van der Waals surface area (Å²) in [6.45, 7) is 2.70. The highest BCUT2D eigenvalue weighted by Gasteiger charge is 2.28. The summed E-state index contributed by atoms with van der Waals surface area (Å²) in [5.41, 5.74) is 5.34. The topological polar surface area (TPSA) is 172 Å². The van der Waals surface area contributed by atoms with Crippen LogP contribution in [0, 0.1) is 0 Å². The number of rotatable bonds is 45. The second kappa shape index (κ2) is 43.4. The van der Waals surface area contributed by atoms with Gasteiger partial charge in [-0.25, -0.2) is 4.57 Å². The highest BCUT2D eigenvalue weighted by molar-refractivity contribution is 7.47. The molecular formula is C48H88NO10P. The standard InChI is InChI=1S/C48H88NO10P/c1-3-5-7-9-11-13-15-17-19-20-21-22-23-24-26-28-30-32-34-36-38-40-47(51)59-44(42-57-60(54,55)58-43-45(49)48(52)53)41-56-46(50)39-37-35-33-31-29-27-25-18-16-14-12-10-8-6-4-2/h6,8,12,14,18,25,44-45H,3-5,7,9-11,13,15-17,19-24,26-43,49H2,1-2H3,(H,52,53)(H,54,55)/b8-6-,14-12-,25-18-/t44-,45+/m1/s1. The Hall–Kier alpha value is -2.30. The van der Waals surface area contributed by atoms with Crippen LogP contribution >= 0.6 is 7.82 Å². The van der Waals surface area contributed by atoms with Crippen LogP contribution in [-0.4, -0.2) is 59.9 Å². The van der Waals surface area contributed by atoms with Gasteiger partial charge >= 0.3 is 25.7 Å². The second-order valence-corrected chi connectivity index (χ2v) is 17.7. The van der Waals surface area contributed by atoms with Gasteiger partial charge in [-0.1, -0.05) is 198 Å². The molecule has 4 N–H and O–H groups in total. The maximum atomic E-state index is 12.7. The van der Waals surface area contributed by atoms with E-state index in [-0.39, 0.29) is 19.4 Å². The number of carbonyl (C=O) groups excluding carboxylic acids is 2. The zero-order chi connectivity index (χ0) is 44.2. The molecule has 0 fully saturated rings. The molecule has 0 aliphatic heterocycles. The highest BCUT2D eigenvalue weighted by Crippen LogP contribution is 2.43. The van der Waals surface area contributed by atoms with E-state index in [4.69, 9.17) is 24.8 Å². The van der Waals surface area contributed by atoms with E-state index in [1.807, 2.05) is 0 Å². The van der Waals surface area contributed by atoms with Crippen molar-refractivity contribution in [2.24, 2.45) is 5.73 Å². The molecule has 0 bridgehead atoms. The van der Waals surface area contributed by atoms with E-state index in [9.17, 15) is 23.8 Å². The number of carboxylic acid groups (broad SMARTS) is 1. The van der Waals surface area contributed by atoms with Crippen molar-refractivity contribution in [3.63, 3.8) is 0 Å². The minimum absolute atomic E-state index is 0.161. The zero-order valence-corrected chi connectivity index (χ0v) is 38.9. The molecular weight excluding hydrogens is 781 g/mol. The first-order chi connectivity index (χ1) is 29.1. The molecule has 12 heteroatoms. The summed E-state index contributed by atoms with van der Waals surface area (Å²) >= 11 is 0. The van der Waals surface area contributed by atoms with Crippen LogP contribution in [0.4, 0.5) is 0 Å².